The summed E-state index contributed by atoms with van der Waals surface area (Å²) in [5.41, 5.74) is 1.06. The van der Waals surface area contributed by atoms with Crippen LogP contribution >= 0.6 is 11.3 Å². The number of hydrogen-bond donors (Lipinski definition) is 1. The molecule has 0 saturated carbocycles. The maximum Gasteiger partial charge on any atom is 0.208 e. The van der Waals surface area contributed by atoms with E-state index in [1.165, 1.54) is 11.1 Å². The van der Waals surface area contributed by atoms with Gasteiger partial charge < -0.3 is 9.47 Å². The van der Waals surface area contributed by atoms with E-state index in [1.54, 1.807) is 11.3 Å². The molecule has 136 valence electrons. The Kier molecular flexibility index (Phi) is 5.73. The number of hydrogen-bond acceptors (Lipinski definition) is 6. The minimum atomic E-state index is -3.24. The zero-order valence-electron chi connectivity index (χ0n) is 14.3. The van der Waals surface area contributed by atoms with E-state index in [-0.39, 0.29) is 12.0 Å². The second kappa shape index (κ2) is 7.82. The molecule has 1 N–H and O–H groups in total. The molecule has 2 aromatic rings. The fraction of sp³-hybridized carbons (Fsp3) is 0.471. The average Bonchev–Trinajstić information content (AvgIpc) is 3.00. The molecule has 8 heteroatoms. The second-order valence-electron chi connectivity index (χ2n) is 6.23. The minimum Gasteiger partial charge on any atom is -0.493 e. The molecule has 0 radical (unpaired) electrons. The average molecular weight is 383 g/mol. The molecule has 1 saturated heterocycles. The van der Waals surface area contributed by atoms with Gasteiger partial charge in [-0.2, -0.15) is 0 Å². The van der Waals surface area contributed by atoms with Crippen LogP contribution < -0.4 is 9.46 Å². The van der Waals surface area contributed by atoms with E-state index in [9.17, 15) is 8.42 Å². The molecule has 0 amide bonds. The number of aryl methyl sites for hydroxylation is 1. The van der Waals surface area contributed by atoms with Crippen molar-refractivity contribution in [1.82, 2.24) is 9.71 Å². The first kappa shape index (κ1) is 18.3. The predicted molar refractivity (Wildman–Crippen MR) is 98.5 cm³/mol. The van der Waals surface area contributed by atoms with Gasteiger partial charge in [-0.25, -0.2) is 18.1 Å². The highest BCUT2D eigenvalue weighted by Crippen LogP contribution is 2.27. The van der Waals surface area contributed by atoms with E-state index in [1.807, 2.05) is 37.4 Å². The van der Waals surface area contributed by atoms with Gasteiger partial charge in [-0.15, -0.1) is 11.3 Å². The molecule has 1 fully saturated rings. The van der Waals surface area contributed by atoms with Gasteiger partial charge in [0.15, 0.2) is 0 Å². The van der Waals surface area contributed by atoms with Gasteiger partial charge in [0.1, 0.15) is 10.8 Å². The van der Waals surface area contributed by atoms with Crippen molar-refractivity contribution < 1.29 is 17.9 Å². The van der Waals surface area contributed by atoms with Gasteiger partial charge >= 0.3 is 0 Å². The molecule has 1 aromatic carbocycles. The lowest BCUT2D eigenvalue weighted by atomic mass is 9.98. The minimum absolute atomic E-state index is 0.00948. The molecule has 6 nitrogen and oxygen atoms in total. The van der Waals surface area contributed by atoms with Gasteiger partial charge in [0.25, 0.3) is 0 Å². The van der Waals surface area contributed by atoms with Crippen molar-refractivity contribution in [1.29, 1.82) is 0 Å². The third kappa shape index (κ3) is 5.24. The van der Waals surface area contributed by atoms with Crippen LogP contribution in [0.15, 0.2) is 30.5 Å². The molecule has 0 unspecified atom stereocenters. The fourth-order valence-electron chi connectivity index (χ4n) is 2.78. The van der Waals surface area contributed by atoms with Crippen molar-refractivity contribution in [3.8, 4) is 16.3 Å². The molecule has 25 heavy (non-hydrogen) atoms. The maximum atomic E-state index is 11.5. The van der Waals surface area contributed by atoms with E-state index < -0.39 is 10.0 Å². The van der Waals surface area contributed by atoms with Gasteiger partial charge in [0, 0.05) is 35.2 Å². The molecule has 0 spiro atoms. The normalized spacial score (nSPS) is 21.2. The number of ether oxygens (including phenoxy) is 2. The van der Waals surface area contributed by atoms with Crippen LogP contribution in [-0.4, -0.2) is 45.5 Å². The summed E-state index contributed by atoms with van der Waals surface area (Å²) in [6, 6.07) is 7.64. The molecule has 1 aliphatic heterocycles. The second-order valence-corrected chi connectivity index (χ2v) is 9.25. The smallest absolute Gasteiger partial charge is 0.208 e. The molecule has 1 aliphatic rings. The Morgan fingerprint density at radius 3 is 2.76 bits per heavy atom. The zero-order chi connectivity index (χ0) is 17.9. The predicted octanol–water partition coefficient (Wildman–Crippen LogP) is 2.45. The molecule has 0 bridgehead atoms. The summed E-state index contributed by atoms with van der Waals surface area (Å²) >= 11 is 1.65. The summed E-state index contributed by atoms with van der Waals surface area (Å²) in [4.78, 5) is 5.55. The molecular formula is C17H22N2O4S2. The lowest BCUT2D eigenvalue weighted by molar-refractivity contribution is 0.0187. The van der Waals surface area contributed by atoms with E-state index in [4.69, 9.17) is 9.47 Å². The van der Waals surface area contributed by atoms with Gasteiger partial charge in [0.05, 0.1) is 19.5 Å². The fourth-order valence-corrected chi connectivity index (χ4v) is 4.41. The quantitative estimate of drug-likeness (QED) is 0.830. The van der Waals surface area contributed by atoms with Crippen molar-refractivity contribution in [3.63, 3.8) is 0 Å². The number of nitrogens with one attached hydrogen (secondary N) is 1. The molecule has 2 atom stereocenters. The van der Waals surface area contributed by atoms with Crippen molar-refractivity contribution >= 4 is 21.4 Å². The van der Waals surface area contributed by atoms with Crippen LogP contribution in [0.25, 0.3) is 10.6 Å². The highest BCUT2D eigenvalue weighted by Gasteiger charge is 2.28. The van der Waals surface area contributed by atoms with Crippen molar-refractivity contribution in [2.45, 2.75) is 19.4 Å². The molecule has 2 heterocycles. The summed E-state index contributed by atoms with van der Waals surface area (Å²) in [5, 5.41) is 0.988. The van der Waals surface area contributed by atoms with Crippen LogP contribution in [0.5, 0.6) is 5.75 Å². The van der Waals surface area contributed by atoms with Crippen LogP contribution in [-0.2, 0) is 14.8 Å². The van der Waals surface area contributed by atoms with E-state index >= 15 is 0 Å². The molecule has 0 aliphatic carbocycles. The van der Waals surface area contributed by atoms with E-state index in [0.717, 1.165) is 16.3 Å². The summed E-state index contributed by atoms with van der Waals surface area (Å²) in [6.45, 7) is 3.49. The first-order valence-electron chi connectivity index (χ1n) is 8.11. The summed E-state index contributed by atoms with van der Waals surface area (Å²) in [5.74, 6) is 0.741. The Morgan fingerprint density at radius 2 is 2.12 bits per heavy atom. The standard InChI is InChI=1S/C17H22N2O4S2/c1-12-9-18-17(24-12)13-3-5-15(6-4-13)23-11-14-10-22-8-7-16(14)19-25(2,20)21/h3-6,9,14,16,19H,7-8,10-11H2,1-2H3/t14-,16+/m1/s1. The third-order valence-corrected chi connectivity index (χ3v) is 5.72. The van der Waals surface area contributed by atoms with Crippen LogP contribution in [0.3, 0.4) is 0 Å². The van der Waals surface area contributed by atoms with Crippen LogP contribution in [0.1, 0.15) is 11.3 Å². The van der Waals surface area contributed by atoms with Crippen LogP contribution in [0.2, 0.25) is 0 Å². The lowest BCUT2D eigenvalue weighted by Gasteiger charge is -2.31. The van der Waals surface area contributed by atoms with Gasteiger partial charge in [-0.3, -0.25) is 0 Å². The number of aromatic nitrogens is 1. The molecule has 3 rings (SSSR count). The number of nitrogens with zero attached hydrogens (tertiary/aromatic N) is 1. The summed E-state index contributed by atoms with van der Waals surface area (Å²) < 4.78 is 37.0. The maximum absolute atomic E-state index is 11.5. The van der Waals surface area contributed by atoms with Gasteiger partial charge in [-0.1, -0.05) is 0 Å². The van der Waals surface area contributed by atoms with E-state index in [0.29, 0.717) is 26.2 Å². The topological polar surface area (TPSA) is 77.5 Å². The van der Waals surface area contributed by atoms with Crippen LogP contribution in [0.4, 0.5) is 0 Å². The SMILES string of the molecule is Cc1cnc(-c2ccc(OC[C@H]3COCC[C@@H]3NS(C)(=O)=O)cc2)s1. The lowest BCUT2D eigenvalue weighted by Crippen LogP contribution is -2.47. The Labute approximate surface area is 152 Å². The number of rotatable bonds is 6. The van der Waals surface area contributed by atoms with Gasteiger partial charge in [0.2, 0.25) is 10.0 Å². The Hall–Kier alpha value is -1.48. The summed E-state index contributed by atoms with van der Waals surface area (Å²) in [6.07, 6.45) is 3.70. The number of sulfonamides is 1. The van der Waals surface area contributed by atoms with Crippen LogP contribution in [0, 0.1) is 12.8 Å². The Balaban J connectivity index is 1.60. The van der Waals surface area contributed by atoms with Crippen molar-refractivity contribution in [3.05, 3.63) is 35.3 Å². The highest BCUT2D eigenvalue weighted by atomic mass is 32.2. The van der Waals surface area contributed by atoms with E-state index in [2.05, 4.69) is 9.71 Å². The van der Waals surface area contributed by atoms with Gasteiger partial charge in [-0.05, 0) is 37.6 Å². The number of benzene rings is 1. The highest BCUT2D eigenvalue weighted by molar-refractivity contribution is 7.88. The first-order valence-corrected chi connectivity index (χ1v) is 10.8. The molecule has 1 aromatic heterocycles. The monoisotopic (exact) mass is 382 g/mol. The van der Waals surface area contributed by atoms with Crippen molar-refractivity contribution in [2.24, 2.45) is 5.92 Å². The molecular weight excluding hydrogens is 360 g/mol. The Bertz CT molecular complexity index is 802. The third-order valence-electron chi connectivity index (χ3n) is 4.03. The van der Waals surface area contributed by atoms with Crippen molar-refractivity contribution in [2.75, 3.05) is 26.1 Å². The Morgan fingerprint density at radius 1 is 1.36 bits per heavy atom. The number of thiazole rings is 1. The summed E-state index contributed by atoms with van der Waals surface area (Å²) in [7, 11) is -3.24. The largest absolute Gasteiger partial charge is 0.493 e. The first-order chi connectivity index (χ1) is 11.9. The zero-order valence-corrected chi connectivity index (χ0v) is 15.9.